The van der Waals surface area contributed by atoms with Gasteiger partial charge in [0.1, 0.15) is 16.4 Å². The number of benzene rings is 2. The van der Waals surface area contributed by atoms with E-state index in [4.69, 9.17) is 16.3 Å². The van der Waals surface area contributed by atoms with Crippen LogP contribution in [0.2, 0.25) is 5.02 Å². The highest BCUT2D eigenvalue weighted by molar-refractivity contribution is 7.92. The fourth-order valence-electron chi connectivity index (χ4n) is 4.16. The molecule has 1 fully saturated rings. The zero-order chi connectivity index (χ0) is 28.6. The molecule has 0 unspecified atom stereocenters. The highest BCUT2D eigenvalue weighted by Crippen LogP contribution is 2.32. The maximum Gasteiger partial charge on any atom is 0.263 e. The van der Waals surface area contributed by atoms with Gasteiger partial charge < -0.3 is 10.1 Å². The zero-order valence-electron chi connectivity index (χ0n) is 21.5. The second-order valence-electron chi connectivity index (χ2n) is 9.58. The summed E-state index contributed by atoms with van der Waals surface area (Å²) >= 11 is 5.97. The smallest absolute Gasteiger partial charge is 0.263 e. The van der Waals surface area contributed by atoms with E-state index in [0.717, 1.165) is 31.0 Å². The van der Waals surface area contributed by atoms with Crippen molar-refractivity contribution in [1.82, 2.24) is 19.9 Å². The number of aromatic nitrogens is 3. The van der Waals surface area contributed by atoms with Crippen LogP contribution >= 0.6 is 11.6 Å². The second kappa shape index (κ2) is 10.9. The third-order valence-electron chi connectivity index (χ3n) is 6.47. The first-order valence-corrected chi connectivity index (χ1v) is 14.2. The largest absolute Gasteiger partial charge is 0.480 e. The maximum atomic E-state index is 13.5. The van der Waals surface area contributed by atoms with Gasteiger partial charge in [0.05, 0.1) is 35.3 Å². The molecule has 0 saturated heterocycles. The van der Waals surface area contributed by atoms with Crippen molar-refractivity contribution in [1.29, 1.82) is 0 Å². The third kappa shape index (κ3) is 5.77. The van der Waals surface area contributed by atoms with E-state index in [1.807, 2.05) is 0 Å². The summed E-state index contributed by atoms with van der Waals surface area (Å²) in [6.07, 6.45) is 4.85. The van der Waals surface area contributed by atoms with Gasteiger partial charge in [0, 0.05) is 24.3 Å². The molecule has 0 aliphatic heterocycles. The van der Waals surface area contributed by atoms with Crippen LogP contribution in [-0.2, 0) is 21.4 Å². The molecule has 1 aliphatic rings. The number of amides is 1. The number of ether oxygens (including phenoxy) is 1. The number of nitrogens with one attached hydrogen (secondary N) is 2. The topological polar surface area (TPSA) is 132 Å². The summed E-state index contributed by atoms with van der Waals surface area (Å²) in [7, 11) is -2.89. The number of nitrogens with zero attached hydrogens (tertiary/aromatic N) is 3. The number of halogens is 2. The number of anilines is 1. The summed E-state index contributed by atoms with van der Waals surface area (Å²) in [6, 6.07) is 9.71. The Labute approximate surface area is 234 Å². The van der Waals surface area contributed by atoms with Crippen molar-refractivity contribution >= 4 is 44.1 Å². The lowest BCUT2D eigenvalue weighted by atomic mass is 10.0. The molecule has 0 spiro atoms. The fraction of sp³-hybridized carbons (Fsp3) is 0.259. The maximum absolute atomic E-state index is 13.5. The molecular formula is C27H25ClFN5O5S. The van der Waals surface area contributed by atoms with Crippen LogP contribution in [0.3, 0.4) is 0 Å². The Morgan fingerprint density at radius 3 is 2.65 bits per heavy atom. The first kappa shape index (κ1) is 27.5. The Kier molecular flexibility index (Phi) is 7.47. The minimum atomic E-state index is -4.23. The number of rotatable bonds is 9. The zero-order valence-corrected chi connectivity index (χ0v) is 23.1. The molecule has 2 heterocycles. The van der Waals surface area contributed by atoms with E-state index >= 15 is 0 Å². The van der Waals surface area contributed by atoms with Gasteiger partial charge in [-0.25, -0.2) is 22.8 Å². The first-order valence-electron chi connectivity index (χ1n) is 12.4. The van der Waals surface area contributed by atoms with Gasteiger partial charge in [-0.15, -0.1) is 0 Å². The van der Waals surface area contributed by atoms with E-state index in [1.165, 1.54) is 30.3 Å². The van der Waals surface area contributed by atoms with Gasteiger partial charge in [-0.05, 0) is 54.8 Å². The molecule has 13 heteroatoms. The number of sulfonamides is 1. The van der Waals surface area contributed by atoms with E-state index in [2.05, 4.69) is 20.0 Å². The molecule has 2 N–H and O–H groups in total. The molecule has 1 amide bonds. The van der Waals surface area contributed by atoms with Gasteiger partial charge >= 0.3 is 0 Å². The molecule has 208 valence electrons. The van der Waals surface area contributed by atoms with Gasteiger partial charge in [-0.3, -0.25) is 18.9 Å². The van der Waals surface area contributed by atoms with Gasteiger partial charge in [-0.2, -0.15) is 0 Å². The van der Waals surface area contributed by atoms with Gasteiger partial charge in [0.25, 0.3) is 15.6 Å². The lowest BCUT2D eigenvalue weighted by Crippen LogP contribution is -2.35. The molecule has 1 aliphatic carbocycles. The molecule has 1 saturated carbocycles. The monoisotopic (exact) mass is 585 g/mol. The normalized spacial score (nSPS) is 14.1. The van der Waals surface area contributed by atoms with Crippen LogP contribution in [0.1, 0.15) is 19.8 Å². The summed E-state index contributed by atoms with van der Waals surface area (Å²) in [5, 5.41) is 2.98. The van der Waals surface area contributed by atoms with Gasteiger partial charge in [0.2, 0.25) is 11.8 Å². The summed E-state index contributed by atoms with van der Waals surface area (Å²) < 4.78 is 48.5. The lowest BCUT2D eigenvalue weighted by molar-refractivity contribution is -0.125. The van der Waals surface area contributed by atoms with Crippen LogP contribution in [0, 0.1) is 11.7 Å². The summed E-state index contributed by atoms with van der Waals surface area (Å²) in [5.74, 6) is -1.21. The summed E-state index contributed by atoms with van der Waals surface area (Å²) in [5.41, 5.74) is 1.22. The minimum Gasteiger partial charge on any atom is -0.480 e. The van der Waals surface area contributed by atoms with Crippen molar-refractivity contribution in [2.75, 3.05) is 11.8 Å². The number of methoxy groups -OCH3 is 1. The standard InChI is InChI=1S/C27H25ClFN5O5S/c1-15(25(35)32-19-5-6-19)13-34-14-31-22-7-3-16(9-20(22)27(34)36)17-10-23(26(39-2)30-12-17)33-40(37,38)24-8-4-18(29)11-21(24)28/h3-4,7-12,14-15,19,33H,5-6,13H2,1-2H3,(H,32,35)/t15-/m1/s1. The van der Waals surface area contributed by atoms with Crippen LogP contribution < -0.4 is 20.3 Å². The van der Waals surface area contributed by atoms with Crippen LogP contribution in [0.5, 0.6) is 5.88 Å². The summed E-state index contributed by atoms with van der Waals surface area (Å²) in [4.78, 5) is 33.9. The molecule has 40 heavy (non-hydrogen) atoms. The van der Waals surface area contributed by atoms with Crippen LogP contribution in [-0.4, -0.2) is 42.0 Å². The number of pyridine rings is 1. The van der Waals surface area contributed by atoms with Crippen LogP contribution in [0.25, 0.3) is 22.0 Å². The van der Waals surface area contributed by atoms with Crippen molar-refractivity contribution in [3.63, 3.8) is 0 Å². The molecular weight excluding hydrogens is 561 g/mol. The summed E-state index contributed by atoms with van der Waals surface area (Å²) in [6.45, 7) is 1.93. The van der Waals surface area contributed by atoms with Gasteiger partial charge in [-0.1, -0.05) is 24.6 Å². The van der Waals surface area contributed by atoms with E-state index < -0.39 is 21.8 Å². The van der Waals surface area contributed by atoms with E-state index in [-0.39, 0.29) is 45.5 Å². The number of fused-ring (bicyclic) bond motifs is 1. The molecule has 1 atom stereocenters. The van der Waals surface area contributed by atoms with Gasteiger partial charge in [0.15, 0.2) is 0 Å². The molecule has 0 bridgehead atoms. The lowest BCUT2D eigenvalue weighted by Gasteiger charge is -2.15. The number of carbonyl (C=O) groups is 1. The molecule has 4 aromatic rings. The molecule has 10 nitrogen and oxygen atoms in total. The molecule has 0 radical (unpaired) electrons. The molecule has 5 rings (SSSR count). The minimum absolute atomic E-state index is 0.00571. The second-order valence-corrected chi connectivity index (χ2v) is 11.6. The van der Waals surface area contributed by atoms with Crippen molar-refractivity contribution in [3.8, 4) is 17.0 Å². The highest BCUT2D eigenvalue weighted by atomic mass is 35.5. The third-order valence-corrected chi connectivity index (χ3v) is 8.32. The highest BCUT2D eigenvalue weighted by Gasteiger charge is 2.26. The Bertz CT molecular complexity index is 1790. The Morgan fingerprint density at radius 2 is 1.95 bits per heavy atom. The predicted octanol–water partition coefficient (Wildman–Crippen LogP) is 3.98. The first-order chi connectivity index (χ1) is 19.1. The number of carbonyl (C=O) groups excluding carboxylic acids is 1. The SMILES string of the molecule is COc1ncc(-c2ccc3ncn(C[C@@H](C)C(=O)NC4CC4)c(=O)c3c2)cc1NS(=O)(=O)c1ccc(F)cc1Cl. The van der Waals surface area contributed by atoms with Crippen molar-refractivity contribution in [2.24, 2.45) is 5.92 Å². The van der Waals surface area contributed by atoms with E-state index in [1.54, 1.807) is 25.1 Å². The predicted molar refractivity (Wildman–Crippen MR) is 148 cm³/mol. The number of hydrogen-bond acceptors (Lipinski definition) is 7. The van der Waals surface area contributed by atoms with E-state index in [0.29, 0.717) is 22.0 Å². The Balaban J connectivity index is 1.47. The number of hydrogen-bond donors (Lipinski definition) is 2. The quantitative estimate of drug-likeness (QED) is 0.304. The Morgan fingerprint density at radius 1 is 1.18 bits per heavy atom. The fourth-order valence-corrected chi connectivity index (χ4v) is 5.74. The average molecular weight is 586 g/mol. The van der Waals surface area contributed by atoms with Crippen molar-refractivity contribution in [2.45, 2.75) is 37.2 Å². The molecule has 2 aromatic carbocycles. The van der Waals surface area contributed by atoms with Crippen molar-refractivity contribution < 1.29 is 22.3 Å². The Hall–Kier alpha value is -4.03. The van der Waals surface area contributed by atoms with Crippen LogP contribution in [0.4, 0.5) is 10.1 Å². The van der Waals surface area contributed by atoms with E-state index in [9.17, 15) is 22.4 Å². The average Bonchev–Trinajstić information content (AvgIpc) is 3.73. The van der Waals surface area contributed by atoms with Crippen LogP contribution in [0.15, 0.2) is 64.7 Å². The van der Waals surface area contributed by atoms with Crippen molar-refractivity contribution in [3.05, 3.63) is 76.2 Å². The molecule has 2 aromatic heterocycles.